The molecule has 0 aliphatic rings. The third-order valence-corrected chi connectivity index (χ3v) is 3.60. The lowest BCUT2D eigenvalue weighted by atomic mass is 10.1. The van der Waals surface area contributed by atoms with Crippen LogP contribution in [0, 0.1) is 24.0 Å². The largest absolute Gasteiger partial charge is 0.375 e. The normalized spacial score (nSPS) is 10.3. The third kappa shape index (κ3) is 3.08. The van der Waals surface area contributed by atoms with Gasteiger partial charge in [-0.1, -0.05) is 29.8 Å². The summed E-state index contributed by atoms with van der Waals surface area (Å²) in [5, 5.41) is 14.8. The number of anilines is 1. The molecule has 5 heteroatoms. The third-order valence-electron chi connectivity index (χ3n) is 3.24. The van der Waals surface area contributed by atoms with Crippen LogP contribution in [-0.4, -0.2) is 4.92 Å². The minimum absolute atomic E-state index is 0.0835. The number of nitro groups is 1. The summed E-state index contributed by atoms with van der Waals surface area (Å²) in [6.07, 6.45) is 0. The van der Waals surface area contributed by atoms with E-state index >= 15 is 0 Å². The van der Waals surface area contributed by atoms with Crippen molar-refractivity contribution in [3.63, 3.8) is 0 Å². The molecule has 0 heterocycles. The van der Waals surface area contributed by atoms with E-state index in [9.17, 15) is 10.1 Å². The zero-order valence-corrected chi connectivity index (χ0v) is 12.1. The molecule has 2 aromatic carbocycles. The number of benzene rings is 2. The first-order valence-electron chi connectivity index (χ1n) is 6.22. The van der Waals surface area contributed by atoms with Crippen LogP contribution in [0.5, 0.6) is 0 Å². The SMILES string of the molecule is Cc1cc(NCc2ccccc2Cl)c([N+](=O)[O-])cc1C. The van der Waals surface area contributed by atoms with Gasteiger partial charge >= 0.3 is 0 Å². The van der Waals surface area contributed by atoms with Crippen LogP contribution >= 0.6 is 11.6 Å². The molecule has 0 unspecified atom stereocenters. The molecular weight excluding hydrogens is 276 g/mol. The number of hydrogen-bond donors (Lipinski definition) is 1. The van der Waals surface area contributed by atoms with Gasteiger partial charge in [0.2, 0.25) is 0 Å². The second kappa shape index (κ2) is 5.92. The maximum Gasteiger partial charge on any atom is 0.292 e. The standard InChI is InChI=1S/C15H15ClN2O2/c1-10-7-14(15(18(19)20)8-11(10)2)17-9-12-5-3-4-6-13(12)16/h3-8,17H,9H2,1-2H3. The van der Waals surface area contributed by atoms with E-state index in [1.807, 2.05) is 32.0 Å². The minimum Gasteiger partial charge on any atom is -0.375 e. The van der Waals surface area contributed by atoms with E-state index in [2.05, 4.69) is 5.32 Å². The summed E-state index contributed by atoms with van der Waals surface area (Å²) in [6, 6.07) is 10.8. The van der Waals surface area contributed by atoms with Gasteiger partial charge in [0.1, 0.15) is 5.69 Å². The van der Waals surface area contributed by atoms with E-state index < -0.39 is 0 Å². The highest BCUT2D eigenvalue weighted by Crippen LogP contribution is 2.28. The monoisotopic (exact) mass is 290 g/mol. The first kappa shape index (κ1) is 14.3. The molecule has 0 aromatic heterocycles. The molecule has 0 radical (unpaired) electrons. The molecule has 0 saturated carbocycles. The second-order valence-electron chi connectivity index (χ2n) is 4.66. The van der Waals surface area contributed by atoms with Crippen molar-refractivity contribution in [3.05, 3.63) is 68.2 Å². The van der Waals surface area contributed by atoms with Crippen molar-refractivity contribution >= 4 is 23.0 Å². The lowest BCUT2D eigenvalue weighted by Gasteiger charge is -2.10. The predicted octanol–water partition coefficient (Wildman–Crippen LogP) is 4.48. The van der Waals surface area contributed by atoms with Crippen molar-refractivity contribution in [1.82, 2.24) is 0 Å². The summed E-state index contributed by atoms with van der Waals surface area (Å²) in [6.45, 7) is 4.24. The molecule has 0 atom stereocenters. The molecule has 2 rings (SSSR count). The van der Waals surface area contributed by atoms with Crippen molar-refractivity contribution in [3.8, 4) is 0 Å². The second-order valence-corrected chi connectivity index (χ2v) is 5.06. The zero-order chi connectivity index (χ0) is 14.7. The first-order chi connectivity index (χ1) is 9.49. The number of rotatable bonds is 4. The fourth-order valence-corrected chi connectivity index (χ4v) is 2.13. The van der Waals surface area contributed by atoms with Crippen molar-refractivity contribution in [2.45, 2.75) is 20.4 Å². The van der Waals surface area contributed by atoms with Gasteiger partial charge in [0, 0.05) is 17.6 Å². The van der Waals surface area contributed by atoms with Crippen LogP contribution in [0.4, 0.5) is 11.4 Å². The highest BCUT2D eigenvalue weighted by atomic mass is 35.5. The van der Waals surface area contributed by atoms with Crippen LogP contribution in [0.25, 0.3) is 0 Å². The molecule has 0 aliphatic heterocycles. The number of nitro benzene ring substituents is 1. The van der Waals surface area contributed by atoms with Crippen molar-refractivity contribution in [2.75, 3.05) is 5.32 Å². The van der Waals surface area contributed by atoms with Crippen molar-refractivity contribution in [1.29, 1.82) is 0 Å². The van der Waals surface area contributed by atoms with E-state index in [0.717, 1.165) is 16.7 Å². The number of nitrogens with one attached hydrogen (secondary N) is 1. The van der Waals surface area contributed by atoms with Crippen LogP contribution in [0.1, 0.15) is 16.7 Å². The summed E-state index contributed by atoms with van der Waals surface area (Å²) >= 11 is 6.08. The summed E-state index contributed by atoms with van der Waals surface area (Å²) in [4.78, 5) is 10.7. The Balaban J connectivity index is 2.27. The van der Waals surface area contributed by atoms with E-state index in [-0.39, 0.29) is 10.6 Å². The molecule has 0 spiro atoms. The van der Waals surface area contributed by atoms with Gasteiger partial charge in [-0.2, -0.15) is 0 Å². The van der Waals surface area contributed by atoms with Crippen LogP contribution in [0.2, 0.25) is 5.02 Å². The molecule has 2 aromatic rings. The molecule has 1 N–H and O–H groups in total. The maximum absolute atomic E-state index is 11.1. The Kier molecular flexibility index (Phi) is 4.25. The zero-order valence-electron chi connectivity index (χ0n) is 11.3. The van der Waals surface area contributed by atoms with Gasteiger partial charge in [0.15, 0.2) is 0 Å². The molecule has 104 valence electrons. The topological polar surface area (TPSA) is 55.2 Å². The predicted molar refractivity (Wildman–Crippen MR) is 81.3 cm³/mol. The molecule has 0 fully saturated rings. The lowest BCUT2D eigenvalue weighted by Crippen LogP contribution is -2.04. The molecule has 0 amide bonds. The van der Waals surface area contributed by atoms with Crippen molar-refractivity contribution in [2.24, 2.45) is 0 Å². The van der Waals surface area contributed by atoms with Gasteiger partial charge in [-0.3, -0.25) is 10.1 Å². The molecule has 0 aliphatic carbocycles. The highest BCUT2D eigenvalue weighted by molar-refractivity contribution is 6.31. The Hall–Kier alpha value is -2.07. The summed E-state index contributed by atoms with van der Waals surface area (Å²) in [5.41, 5.74) is 3.41. The fourth-order valence-electron chi connectivity index (χ4n) is 1.93. The van der Waals surface area contributed by atoms with Gasteiger partial charge in [0.05, 0.1) is 4.92 Å². The van der Waals surface area contributed by atoms with Gasteiger partial charge in [-0.25, -0.2) is 0 Å². The van der Waals surface area contributed by atoms with E-state index in [1.54, 1.807) is 18.2 Å². The first-order valence-corrected chi connectivity index (χ1v) is 6.59. The summed E-state index contributed by atoms with van der Waals surface area (Å²) < 4.78 is 0. The van der Waals surface area contributed by atoms with Crippen LogP contribution in [0.3, 0.4) is 0 Å². The van der Waals surface area contributed by atoms with Gasteiger partial charge in [-0.05, 0) is 42.7 Å². The quantitative estimate of drug-likeness (QED) is 0.667. The Morgan fingerprint density at radius 3 is 2.50 bits per heavy atom. The van der Waals surface area contributed by atoms with Crippen LogP contribution < -0.4 is 5.32 Å². The van der Waals surface area contributed by atoms with E-state index in [4.69, 9.17) is 11.6 Å². The maximum atomic E-state index is 11.1. The minimum atomic E-state index is -0.374. The number of aryl methyl sites for hydroxylation is 2. The Morgan fingerprint density at radius 1 is 1.20 bits per heavy atom. The number of halogens is 1. The highest BCUT2D eigenvalue weighted by Gasteiger charge is 2.15. The fraction of sp³-hybridized carbons (Fsp3) is 0.200. The Bertz CT molecular complexity index is 656. The van der Waals surface area contributed by atoms with E-state index in [0.29, 0.717) is 17.3 Å². The molecule has 0 bridgehead atoms. The smallest absolute Gasteiger partial charge is 0.292 e. The van der Waals surface area contributed by atoms with Gasteiger partial charge in [-0.15, -0.1) is 0 Å². The average molecular weight is 291 g/mol. The summed E-state index contributed by atoms with van der Waals surface area (Å²) in [7, 11) is 0. The van der Waals surface area contributed by atoms with E-state index in [1.165, 1.54) is 0 Å². The average Bonchev–Trinajstić information content (AvgIpc) is 2.41. The lowest BCUT2D eigenvalue weighted by molar-refractivity contribution is -0.384. The van der Waals surface area contributed by atoms with Crippen LogP contribution in [0.15, 0.2) is 36.4 Å². The molecular formula is C15H15ClN2O2. The van der Waals surface area contributed by atoms with Gasteiger partial charge < -0.3 is 5.32 Å². The molecule has 20 heavy (non-hydrogen) atoms. The van der Waals surface area contributed by atoms with Gasteiger partial charge in [0.25, 0.3) is 5.69 Å². The van der Waals surface area contributed by atoms with Crippen LogP contribution in [-0.2, 0) is 6.54 Å². The molecule has 4 nitrogen and oxygen atoms in total. The number of nitrogens with zero attached hydrogens (tertiary/aromatic N) is 1. The summed E-state index contributed by atoms with van der Waals surface area (Å²) in [5.74, 6) is 0. The van der Waals surface area contributed by atoms with Crippen molar-refractivity contribution < 1.29 is 4.92 Å². The number of hydrogen-bond acceptors (Lipinski definition) is 3. The Morgan fingerprint density at radius 2 is 1.85 bits per heavy atom. The molecule has 0 saturated heterocycles. The Labute approximate surface area is 122 Å².